The van der Waals surface area contributed by atoms with E-state index in [1.165, 1.54) is 0 Å². The van der Waals surface area contributed by atoms with Crippen LogP contribution in [0.15, 0.2) is 12.7 Å². The van der Waals surface area contributed by atoms with Crippen molar-refractivity contribution < 1.29 is 20.1 Å². The van der Waals surface area contributed by atoms with E-state index in [1.807, 2.05) is 0 Å². The van der Waals surface area contributed by atoms with Gasteiger partial charge in [-0.3, -0.25) is 0 Å². The Morgan fingerprint density at radius 1 is 1.29 bits per heavy atom. The Bertz CT molecular complexity index is 169. The fourth-order valence-electron chi connectivity index (χ4n) is 1.51. The summed E-state index contributed by atoms with van der Waals surface area (Å²) in [7, 11) is 0. The molecule has 14 heavy (non-hydrogen) atoms. The molecular formula is C10H18O4. The number of hydrogen-bond donors (Lipinski definition) is 3. The summed E-state index contributed by atoms with van der Waals surface area (Å²) < 4.78 is 0. The van der Waals surface area contributed by atoms with Gasteiger partial charge in [0.1, 0.15) is 0 Å². The predicted molar refractivity (Wildman–Crippen MR) is 52.8 cm³/mol. The van der Waals surface area contributed by atoms with Crippen molar-refractivity contribution in [1.29, 1.82) is 0 Å². The quantitative estimate of drug-likeness (QED) is 0.587. The normalized spacial score (nSPS) is 25.0. The van der Waals surface area contributed by atoms with Gasteiger partial charge in [-0.25, -0.2) is 4.79 Å². The van der Waals surface area contributed by atoms with Gasteiger partial charge in [0.2, 0.25) is 0 Å². The molecule has 1 rings (SSSR count). The Balaban J connectivity index is 0.000000292. The zero-order valence-corrected chi connectivity index (χ0v) is 8.22. The highest BCUT2D eigenvalue weighted by Crippen LogP contribution is 2.29. The Morgan fingerprint density at radius 3 is 1.79 bits per heavy atom. The molecule has 2 atom stereocenters. The van der Waals surface area contributed by atoms with Gasteiger partial charge < -0.3 is 15.3 Å². The third-order valence-corrected chi connectivity index (χ3v) is 2.34. The van der Waals surface area contributed by atoms with Crippen LogP contribution in [0.5, 0.6) is 0 Å². The fraction of sp³-hybridized carbons (Fsp3) is 0.700. The van der Waals surface area contributed by atoms with Crippen LogP contribution in [0.2, 0.25) is 0 Å². The van der Waals surface area contributed by atoms with Crippen molar-refractivity contribution in [2.24, 2.45) is 11.8 Å². The molecule has 0 aromatic rings. The van der Waals surface area contributed by atoms with Crippen molar-refractivity contribution >= 4 is 5.97 Å². The first kappa shape index (κ1) is 13.1. The molecule has 0 amide bonds. The molecule has 0 saturated heterocycles. The van der Waals surface area contributed by atoms with E-state index in [1.54, 1.807) is 0 Å². The second kappa shape index (κ2) is 7.53. The molecule has 0 spiro atoms. The summed E-state index contributed by atoms with van der Waals surface area (Å²) in [5, 5.41) is 25.0. The van der Waals surface area contributed by atoms with Crippen molar-refractivity contribution in [3.63, 3.8) is 0 Å². The lowest BCUT2D eigenvalue weighted by Gasteiger charge is -2.03. The monoisotopic (exact) mass is 202 g/mol. The number of carboxylic acid groups (broad SMARTS) is 1. The molecule has 2 unspecified atom stereocenters. The Labute approximate surface area is 83.9 Å². The summed E-state index contributed by atoms with van der Waals surface area (Å²) in [6.45, 7) is 3.56. The highest BCUT2D eigenvalue weighted by molar-refractivity contribution is 5.78. The maximum atomic E-state index is 9.25. The van der Waals surface area contributed by atoms with E-state index in [0.29, 0.717) is 25.0 Å². The molecule has 1 saturated carbocycles. The van der Waals surface area contributed by atoms with Crippen LogP contribution in [0, 0.1) is 11.8 Å². The third kappa shape index (κ3) is 5.72. The number of aliphatic carboxylic acids is 1. The molecule has 0 aliphatic heterocycles. The van der Waals surface area contributed by atoms with E-state index in [9.17, 15) is 4.79 Å². The van der Waals surface area contributed by atoms with Gasteiger partial charge in [0.25, 0.3) is 0 Å². The largest absolute Gasteiger partial charge is 0.478 e. The lowest BCUT2D eigenvalue weighted by atomic mass is 10.1. The van der Waals surface area contributed by atoms with Gasteiger partial charge in [-0.05, 0) is 31.1 Å². The fourth-order valence-corrected chi connectivity index (χ4v) is 1.51. The predicted octanol–water partition coefficient (Wildman–Crippen LogP) is 0.644. The number of carboxylic acids is 1. The van der Waals surface area contributed by atoms with Crippen LogP contribution in [0.25, 0.3) is 0 Å². The Morgan fingerprint density at radius 2 is 1.64 bits per heavy atom. The first-order chi connectivity index (χ1) is 6.63. The highest BCUT2D eigenvalue weighted by atomic mass is 16.4. The smallest absolute Gasteiger partial charge is 0.327 e. The summed E-state index contributed by atoms with van der Waals surface area (Å²) in [6.07, 6.45) is 4.05. The lowest BCUT2D eigenvalue weighted by Crippen LogP contribution is -2.03. The van der Waals surface area contributed by atoms with Gasteiger partial charge in [0.15, 0.2) is 0 Å². The van der Waals surface area contributed by atoms with Crippen molar-refractivity contribution in [3.8, 4) is 0 Å². The topological polar surface area (TPSA) is 77.8 Å². The minimum Gasteiger partial charge on any atom is -0.478 e. The number of rotatable bonds is 3. The summed E-state index contributed by atoms with van der Waals surface area (Å²) in [6, 6.07) is 0. The van der Waals surface area contributed by atoms with Gasteiger partial charge in [-0.1, -0.05) is 6.58 Å². The van der Waals surface area contributed by atoms with Gasteiger partial charge in [0.05, 0.1) is 0 Å². The van der Waals surface area contributed by atoms with E-state index in [4.69, 9.17) is 15.3 Å². The van der Waals surface area contributed by atoms with Crippen LogP contribution in [-0.4, -0.2) is 34.5 Å². The van der Waals surface area contributed by atoms with Gasteiger partial charge in [-0.15, -0.1) is 0 Å². The molecule has 3 N–H and O–H groups in total. The maximum Gasteiger partial charge on any atom is 0.327 e. The van der Waals surface area contributed by atoms with Crippen molar-refractivity contribution in [1.82, 2.24) is 0 Å². The molecule has 0 bridgehead atoms. The van der Waals surface area contributed by atoms with E-state index < -0.39 is 5.97 Å². The molecule has 0 aromatic heterocycles. The van der Waals surface area contributed by atoms with Crippen LogP contribution in [0.3, 0.4) is 0 Å². The van der Waals surface area contributed by atoms with Gasteiger partial charge >= 0.3 is 5.97 Å². The SMILES string of the molecule is C=CC(=O)O.OCC1CCC(CO)C1. The summed E-state index contributed by atoms with van der Waals surface area (Å²) in [4.78, 5) is 9.25. The lowest BCUT2D eigenvalue weighted by molar-refractivity contribution is -0.131. The third-order valence-electron chi connectivity index (χ3n) is 2.34. The van der Waals surface area contributed by atoms with E-state index in [0.717, 1.165) is 25.3 Å². The van der Waals surface area contributed by atoms with Crippen molar-refractivity contribution in [3.05, 3.63) is 12.7 Å². The zero-order valence-electron chi connectivity index (χ0n) is 8.22. The number of aliphatic hydroxyl groups excluding tert-OH is 2. The van der Waals surface area contributed by atoms with Crippen LogP contribution in [0.1, 0.15) is 19.3 Å². The molecule has 0 heterocycles. The van der Waals surface area contributed by atoms with E-state index in [2.05, 4.69) is 6.58 Å². The molecule has 1 aliphatic carbocycles. The molecule has 1 aliphatic rings. The standard InChI is InChI=1S/C7H14O2.C3H4O2/c8-4-6-1-2-7(3-6)5-9;1-2-3(4)5/h6-9H,1-5H2;2H,1H2,(H,4,5). The average molecular weight is 202 g/mol. The van der Waals surface area contributed by atoms with Gasteiger partial charge in [-0.2, -0.15) is 0 Å². The minimum atomic E-state index is -0.981. The second-order valence-corrected chi connectivity index (χ2v) is 3.45. The Hall–Kier alpha value is -0.870. The summed E-state index contributed by atoms with van der Waals surface area (Å²) in [5.41, 5.74) is 0. The van der Waals surface area contributed by atoms with Crippen molar-refractivity contribution in [2.45, 2.75) is 19.3 Å². The minimum absolute atomic E-state index is 0.302. The molecular weight excluding hydrogens is 184 g/mol. The van der Waals surface area contributed by atoms with Crippen LogP contribution < -0.4 is 0 Å². The Kier molecular flexibility index (Phi) is 7.06. The molecule has 0 radical (unpaired) electrons. The first-order valence-electron chi connectivity index (χ1n) is 4.71. The summed E-state index contributed by atoms with van der Waals surface area (Å²) in [5.74, 6) is -0.0331. The highest BCUT2D eigenvalue weighted by Gasteiger charge is 2.22. The van der Waals surface area contributed by atoms with Crippen molar-refractivity contribution in [2.75, 3.05) is 13.2 Å². The molecule has 4 nitrogen and oxygen atoms in total. The average Bonchev–Trinajstić information content (AvgIpc) is 2.66. The van der Waals surface area contributed by atoms with Gasteiger partial charge in [0, 0.05) is 19.3 Å². The zero-order chi connectivity index (χ0) is 11.0. The molecule has 0 aromatic carbocycles. The first-order valence-corrected chi connectivity index (χ1v) is 4.71. The summed E-state index contributed by atoms with van der Waals surface area (Å²) >= 11 is 0. The second-order valence-electron chi connectivity index (χ2n) is 3.45. The number of hydrogen-bond acceptors (Lipinski definition) is 3. The maximum absolute atomic E-state index is 9.25. The molecule has 82 valence electrons. The van der Waals surface area contributed by atoms with E-state index >= 15 is 0 Å². The van der Waals surface area contributed by atoms with Crippen LogP contribution >= 0.6 is 0 Å². The van der Waals surface area contributed by atoms with Crippen LogP contribution in [-0.2, 0) is 4.79 Å². The van der Waals surface area contributed by atoms with Crippen LogP contribution in [0.4, 0.5) is 0 Å². The molecule has 1 fully saturated rings. The van der Waals surface area contributed by atoms with E-state index in [-0.39, 0.29) is 0 Å². The molecule has 4 heteroatoms. The number of carbonyl (C=O) groups is 1. The number of aliphatic hydroxyl groups is 2.